The van der Waals surface area contributed by atoms with Crippen LogP contribution >= 0.6 is 0 Å². The van der Waals surface area contributed by atoms with Crippen molar-refractivity contribution in [2.45, 2.75) is 19.8 Å². The molecule has 1 unspecified atom stereocenters. The summed E-state index contributed by atoms with van der Waals surface area (Å²) in [6, 6.07) is 0. The highest BCUT2D eigenvalue weighted by molar-refractivity contribution is 5.83. The zero-order valence-electron chi connectivity index (χ0n) is 11.8. The van der Waals surface area contributed by atoms with Gasteiger partial charge in [0.15, 0.2) is 0 Å². The number of amides is 1. The molecule has 5 heteroatoms. The molecule has 0 saturated carbocycles. The standard InChI is InChI=1S/C13H26N2O3/c1-4-13(5-6-14-11-13)12(16)15(7-9-17-2)8-10-18-3/h14H,4-11H2,1-3H3. The van der Waals surface area contributed by atoms with Crippen LogP contribution in [0.1, 0.15) is 19.8 Å². The molecule has 0 aliphatic carbocycles. The molecule has 1 atom stereocenters. The first-order valence-electron chi connectivity index (χ1n) is 6.68. The van der Waals surface area contributed by atoms with E-state index in [9.17, 15) is 4.79 Å². The summed E-state index contributed by atoms with van der Waals surface area (Å²) in [7, 11) is 3.32. The van der Waals surface area contributed by atoms with Crippen molar-refractivity contribution in [3.8, 4) is 0 Å². The fraction of sp³-hybridized carbons (Fsp3) is 0.923. The van der Waals surface area contributed by atoms with Crippen molar-refractivity contribution in [2.75, 3.05) is 53.6 Å². The maximum atomic E-state index is 12.7. The number of ether oxygens (including phenoxy) is 2. The first kappa shape index (κ1) is 15.4. The summed E-state index contributed by atoms with van der Waals surface area (Å²) in [5.41, 5.74) is -0.221. The van der Waals surface area contributed by atoms with Crippen LogP contribution in [-0.4, -0.2) is 64.4 Å². The Morgan fingerprint density at radius 2 is 1.89 bits per heavy atom. The normalized spacial score (nSPS) is 23.3. The van der Waals surface area contributed by atoms with Crippen LogP contribution in [-0.2, 0) is 14.3 Å². The maximum Gasteiger partial charge on any atom is 0.230 e. The van der Waals surface area contributed by atoms with Crippen molar-refractivity contribution in [1.82, 2.24) is 10.2 Å². The van der Waals surface area contributed by atoms with E-state index in [0.717, 1.165) is 25.9 Å². The number of methoxy groups -OCH3 is 2. The molecule has 18 heavy (non-hydrogen) atoms. The lowest BCUT2D eigenvalue weighted by Crippen LogP contribution is -2.47. The summed E-state index contributed by atoms with van der Waals surface area (Å²) in [6.45, 7) is 6.24. The molecule has 1 saturated heterocycles. The average molecular weight is 258 g/mol. The summed E-state index contributed by atoms with van der Waals surface area (Å²) in [4.78, 5) is 14.6. The molecule has 0 aromatic heterocycles. The summed E-state index contributed by atoms with van der Waals surface area (Å²) in [6.07, 6.45) is 1.81. The Morgan fingerprint density at radius 1 is 1.28 bits per heavy atom. The lowest BCUT2D eigenvalue weighted by molar-refractivity contribution is -0.142. The van der Waals surface area contributed by atoms with Gasteiger partial charge >= 0.3 is 0 Å². The molecule has 1 amide bonds. The molecule has 0 radical (unpaired) electrons. The van der Waals surface area contributed by atoms with E-state index in [2.05, 4.69) is 12.2 Å². The molecular weight excluding hydrogens is 232 g/mol. The molecule has 1 rings (SSSR count). The maximum absolute atomic E-state index is 12.7. The zero-order valence-corrected chi connectivity index (χ0v) is 11.8. The number of rotatable bonds is 8. The molecular formula is C13H26N2O3. The molecule has 0 aromatic rings. The number of hydrogen-bond donors (Lipinski definition) is 1. The second-order valence-corrected chi connectivity index (χ2v) is 4.84. The molecule has 1 aliphatic heterocycles. The first-order valence-corrected chi connectivity index (χ1v) is 6.68. The van der Waals surface area contributed by atoms with Crippen molar-refractivity contribution in [2.24, 2.45) is 5.41 Å². The SMILES string of the molecule is CCC1(C(=O)N(CCOC)CCOC)CCNC1. The topological polar surface area (TPSA) is 50.8 Å². The third-order valence-corrected chi connectivity index (χ3v) is 3.79. The van der Waals surface area contributed by atoms with Crippen LogP contribution in [0, 0.1) is 5.41 Å². The van der Waals surface area contributed by atoms with Gasteiger partial charge in [-0.2, -0.15) is 0 Å². The Kier molecular flexibility index (Phi) is 6.60. The van der Waals surface area contributed by atoms with E-state index < -0.39 is 0 Å². The minimum atomic E-state index is -0.221. The third kappa shape index (κ3) is 3.67. The van der Waals surface area contributed by atoms with Crippen LogP contribution in [0.5, 0.6) is 0 Å². The van der Waals surface area contributed by atoms with Crippen molar-refractivity contribution >= 4 is 5.91 Å². The van der Waals surface area contributed by atoms with Gasteiger partial charge in [0, 0.05) is 33.9 Å². The van der Waals surface area contributed by atoms with Gasteiger partial charge in [0.1, 0.15) is 0 Å². The number of nitrogens with zero attached hydrogens (tertiary/aromatic N) is 1. The smallest absolute Gasteiger partial charge is 0.230 e. The summed E-state index contributed by atoms with van der Waals surface area (Å²) in [5.74, 6) is 0.240. The van der Waals surface area contributed by atoms with Crippen molar-refractivity contribution in [3.05, 3.63) is 0 Å². The summed E-state index contributed by atoms with van der Waals surface area (Å²) in [5, 5.41) is 3.30. The van der Waals surface area contributed by atoms with Gasteiger partial charge in [0.2, 0.25) is 5.91 Å². The van der Waals surface area contributed by atoms with Crippen molar-refractivity contribution in [3.63, 3.8) is 0 Å². The Labute approximate surface area is 110 Å². The van der Waals surface area contributed by atoms with Gasteiger partial charge in [-0.05, 0) is 19.4 Å². The number of hydrogen-bond acceptors (Lipinski definition) is 4. The molecule has 0 aromatic carbocycles. The number of carbonyl (C=O) groups is 1. The molecule has 1 heterocycles. The van der Waals surface area contributed by atoms with Gasteiger partial charge in [-0.3, -0.25) is 4.79 Å². The zero-order chi connectivity index (χ0) is 13.4. The fourth-order valence-corrected chi connectivity index (χ4v) is 2.43. The Hall–Kier alpha value is -0.650. The van der Waals surface area contributed by atoms with Gasteiger partial charge in [0.25, 0.3) is 0 Å². The van der Waals surface area contributed by atoms with Crippen LogP contribution in [0.15, 0.2) is 0 Å². The van der Waals surface area contributed by atoms with Gasteiger partial charge < -0.3 is 19.7 Å². The van der Waals surface area contributed by atoms with Crippen LogP contribution < -0.4 is 5.32 Å². The highest BCUT2D eigenvalue weighted by Crippen LogP contribution is 2.31. The van der Waals surface area contributed by atoms with Crippen molar-refractivity contribution < 1.29 is 14.3 Å². The molecule has 5 nitrogen and oxygen atoms in total. The van der Waals surface area contributed by atoms with Crippen LogP contribution in [0.25, 0.3) is 0 Å². The van der Waals surface area contributed by atoms with Gasteiger partial charge in [-0.1, -0.05) is 6.92 Å². The quantitative estimate of drug-likeness (QED) is 0.689. The second-order valence-electron chi connectivity index (χ2n) is 4.84. The fourth-order valence-electron chi connectivity index (χ4n) is 2.43. The van der Waals surface area contributed by atoms with Crippen LogP contribution in [0.4, 0.5) is 0 Å². The Morgan fingerprint density at radius 3 is 2.28 bits per heavy atom. The van der Waals surface area contributed by atoms with E-state index >= 15 is 0 Å². The van der Waals surface area contributed by atoms with E-state index in [0.29, 0.717) is 26.3 Å². The molecule has 0 spiro atoms. The lowest BCUT2D eigenvalue weighted by atomic mass is 9.82. The molecule has 1 N–H and O–H groups in total. The minimum absolute atomic E-state index is 0.221. The average Bonchev–Trinajstić information content (AvgIpc) is 2.88. The van der Waals surface area contributed by atoms with Crippen LogP contribution in [0.3, 0.4) is 0 Å². The largest absolute Gasteiger partial charge is 0.383 e. The molecule has 1 fully saturated rings. The van der Waals surface area contributed by atoms with Gasteiger partial charge in [-0.15, -0.1) is 0 Å². The van der Waals surface area contributed by atoms with Gasteiger partial charge in [-0.25, -0.2) is 0 Å². The second kappa shape index (κ2) is 7.71. The minimum Gasteiger partial charge on any atom is -0.383 e. The summed E-state index contributed by atoms with van der Waals surface area (Å²) >= 11 is 0. The molecule has 1 aliphatic rings. The predicted molar refractivity (Wildman–Crippen MR) is 70.5 cm³/mol. The van der Waals surface area contributed by atoms with E-state index in [-0.39, 0.29) is 11.3 Å². The van der Waals surface area contributed by atoms with E-state index in [4.69, 9.17) is 9.47 Å². The number of nitrogens with one attached hydrogen (secondary N) is 1. The van der Waals surface area contributed by atoms with Gasteiger partial charge in [0.05, 0.1) is 18.6 Å². The highest BCUT2D eigenvalue weighted by atomic mass is 16.5. The van der Waals surface area contributed by atoms with Crippen molar-refractivity contribution in [1.29, 1.82) is 0 Å². The predicted octanol–water partition coefficient (Wildman–Crippen LogP) is 0.498. The summed E-state index contributed by atoms with van der Waals surface area (Å²) < 4.78 is 10.2. The lowest BCUT2D eigenvalue weighted by Gasteiger charge is -2.33. The highest BCUT2D eigenvalue weighted by Gasteiger charge is 2.41. The number of carbonyl (C=O) groups excluding carboxylic acids is 1. The first-order chi connectivity index (χ1) is 8.70. The molecule has 106 valence electrons. The monoisotopic (exact) mass is 258 g/mol. The van der Waals surface area contributed by atoms with E-state index in [1.807, 2.05) is 4.90 Å². The molecule has 0 bridgehead atoms. The Bertz CT molecular complexity index is 245. The van der Waals surface area contributed by atoms with E-state index in [1.165, 1.54) is 0 Å². The Balaban J connectivity index is 2.66. The third-order valence-electron chi connectivity index (χ3n) is 3.79. The van der Waals surface area contributed by atoms with Crippen LogP contribution in [0.2, 0.25) is 0 Å². The van der Waals surface area contributed by atoms with E-state index in [1.54, 1.807) is 14.2 Å².